The average Bonchev–Trinajstić information content (AvgIpc) is 2.56. The first-order valence-corrected chi connectivity index (χ1v) is 7.02. The van der Waals surface area contributed by atoms with Gasteiger partial charge in [0.25, 0.3) is 0 Å². The Bertz CT molecular complexity index is 380. The Morgan fingerprint density at radius 1 is 1.50 bits per heavy atom. The van der Waals surface area contributed by atoms with Crippen molar-refractivity contribution in [2.45, 2.75) is 13.0 Å². The van der Waals surface area contributed by atoms with Crippen molar-refractivity contribution in [1.29, 1.82) is 0 Å². The van der Waals surface area contributed by atoms with Gasteiger partial charge < -0.3 is 4.90 Å². The summed E-state index contributed by atoms with van der Waals surface area (Å²) in [7, 11) is 1.88. The SMILES string of the molecule is CN1CCCN(Cc2sccc2Br)CC1=O. The third kappa shape index (κ3) is 2.84. The molecule has 0 spiro atoms. The average molecular weight is 303 g/mol. The van der Waals surface area contributed by atoms with Gasteiger partial charge in [0, 0.05) is 36.0 Å². The summed E-state index contributed by atoms with van der Waals surface area (Å²) in [6.07, 6.45) is 1.06. The molecule has 0 unspecified atom stereocenters. The molecule has 16 heavy (non-hydrogen) atoms. The highest BCUT2D eigenvalue weighted by Gasteiger charge is 2.19. The molecule has 0 N–H and O–H groups in total. The largest absolute Gasteiger partial charge is 0.345 e. The van der Waals surface area contributed by atoms with Gasteiger partial charge in [-0.15, -0.1) is 11.3 Å². The lowest BCUT2D eigenvalue weighted by Crippen LogP contribution is -2.33. The van der Waals surface area contributed by atoms with Crippen LogP contribution in [0.3, 0.4) is 0 Å². The van der Waals surface area contributed by atoms with Crippen LogP contribution < -0.4 is 0 Å². The Morgan fingerprint density at radius 2 is 2.31 bits per heavy atom. The van der Waals surface area contributed by atoms with E-state index in [1.165, 1.54) is 4.88 Å². The summed E-state index contributed by atoms with van der Waals surface area (Å²) < 4.78 is 1.16. The number of carbonyl (C=O) groups is 1. The lowest BCUT2D eigenvalue weighted by molar-refractivity contribution is -0.129. The predicted octanol–water partition coefficient (Wildman–Crippen LogP) is 2.17. The van der Waals surface area contributed by atoms with Gasteiger partial charge in [-0.1, -0.05) is 0 Å². The Hall–Kier alpha value is -0.390. The van der Waals surface area contributed by atoms with Gasteiger partial charge in [0.2, 0.25) is 5.91 Å². The summed E-state index contributed by atoms with van der Waals surface area (Å²) >= 11 is 5.27. The summed E-state index contributed by atoms with van der Waals surface area (Å²) in [5.74, 6) is 0.227. The summed E-state index contributed by atoms with van der Waals surface area (Å²) in [6.45, 7) is 3.29. The molecule has 0 bridgehead atoms. The van der Waals surface area contributed by atoms with Crippen LogP contribution in [0.25, 0.3) is 0 Å². The number of likely N-dealkylation sites (N-methyl/N-ethyl adjacent to an activating group) is 1. The number of nitrogens with zero attached hydrogens (tertiary/aromatic N) is 2. The van der Waals surface area contributed by atoms with Crippen molar-refractivity contribution in [2.24, 2.45) is 0 Å². The molecule has 5 heteroatoms. The van der Waals surface area contributed by atoms with Crippen molar-refractivity contribution in [1.82, 2.24) is 9.80 Å². The number of rotatable bonds is 2. The molecule has 0 saturated carbocycles. The van der Waals surface area contributed by atoms with Crippen molar-refractivity contribution >= 4 is 33.2 Å². The third-order valence-electron chi connectivity index (χ3n) is 2.81. The van der Waals surface area contributed by atoms with E-state index >= 15 is 0 Å². The maximum absolute atomic E-state index is 11.7. The normalized spacial score (nSPS) is 18.9. The molecule has 88 valence electrons. The van der Waals surface area contributed by atoms with Crippen molar-refractivity contribution in [2.75, 3.05) is 26.7 Å². The van der Waals surface area contributed by atoms with E-state index in [2.05, 4.69) is 32.3 Å². The zero-order valence-corrected chi connectivity index (χ0v) is 11.7. The highest BCUT2D eigenvalue weighted by molar-refractivity contribution is 9.10. The van der Waals surface area contributed by atoms with E-state index < -0.39 is 0 Å². The Kier molecular flexibility index (Phi) is 4.00. The van der Waals surface area contributed by atoms with Gasteiger partial charge in [0.1, 0.15) is 0 Å². The molecule has 0 radical (unpaired) electrons. The molecular weight excluding hydrogens is 288 g/mol. The summed E-state index contributed by atoms with van der Waals surface area (Å²) in [4.78, 5) is 17.1. The van der Waals surface area contributed by atoms with Gasteiger partial charge >= 0.3 is 0 Å². The lowest BCUT2D eigenvalue weighted by atomic mass is 10.3. The second-order valence-electron chi connectivity index (χ2n) is 4.07. The van der Waals surface area contributed by atoms with Crippen LogP contribution >= 0.6 is 27.3 Å². The van der Waals surface area contributed by atoms with E-state index in [0.717, 1.165) is 30.5 Å². The van der Waals surface area contributed by atoms with Gasteiger partial charge in [0.15, 0.2) is 0 Å². The Morgan fingerprint density at radius 3 is 3.00 bits per heavy atom. The predicted molar refractivity (Wildman–Crippen MR) is 69.6 cm³/mol. The van der Waals surface area contributed by atoms with Gasteiger partial charge in [-0.2, -0.15) is 0 Å². The number of hydrogen-bond donors (Lipinski definition) is 0. The van der Waals surface area contributed by atoms with Crippen molar-refractivity contribution < 1.29 is 4.79 Å². The number of hydrogen-bond acceptors (Lipinski definition) is 3. The molecule has 1 aliphatic heterocycles. The van der Waals surface area contributed by atoms with Crippen LogP contribution in [-0.4, -0.2) is 42.4 Å². The van der Waals surface area contributed by atoms with Crippen LogP contribution in [0, 0.1) is 0 Å². The second kappa shape index (κ2) is 5.29. The fraction of sp³-hybridized carbons (Fsp3) is 0.545. The molecule has 1 fully saturated rings. The molecule has 1 saturated heterocycles. The zero-order valence-electron chi connectivity index (χ0n) is 9.28. The van der Waals surface area contributed by atoms with Gasteiger partial charge in [-0.3, -0.25) is 9.69 Å². The van der Waals surface area contributed by atoms with E-state index in [9.17, 15) is 4.79 Å². The van der Waals surface area contributed by atoms with Crippen LogP contribution in [0.4, 0.5) is 0 Å². The smallest absolute Gasteiger partial charge is 0.236 e. The first-order chi connectivity index (χ1) is 7.66. The summed E-state index contributed by atoms with van der Waals surface area (Å²) in [5.41, 5.74) is 0. The highest BCUT2D eigenvalue weighted by atomic mass is 79.9. The van der Waals surface area contributed by atoms with Gasteiger partial charge in [-0.25, -0.2) is 0 Å². The van der Waals surface area contributed by atoms with E-state index in [1.54, 1.807) is 11.3 Å². The third-order valence-corrected chi connectivity index (χ3v) is 4.72. The Labute approximate surface area is 108 Å². The van der Waals surface area contributed by atoms with Crippen LogP contribution in [0.5, 0.6) is 0 Å². The van der Waals surface area contributed by atoms with Crippen molar-refractivity contribution in [3.8, 4) is 0 Å². The molecule has 2 rings (SSSR count). The minimum atomic E-state index is 0.227. The summed E-state index contributed by atoms with van der Waals surface area (Å²) in [5, 5.41) is 2.07. The first-order valence-electron chi connectivity index (χ1n) is 5.35. The molecule has 2 heterocycles. The fourth-order valence-corrected chi connectivity index (χ4v) is 3.34. The van der Waals surface area contributed by atoms with E-state index in [-0.39, 0.29) is 5.91 Å². The number of thiophene rings is 1. The summed E-state index contributed by atoms with van der Waals surface area (Å²) in [6, 6.07) is 2.06. The molecule has 0 atom stereocenters. The first kappa shape index (κ1) is 12.1. The van der Waals surface area contributed by atoms with Gasteiger partial charge in [-0.05, 0) is 33.8 Å². The quantitative estimate of drug-likeness (QED) is 0.836. The fourth-order valence-electron chi connectivity index (χ4n) is 1.82. The number of amides is 1. The van der Waals surface area contributed by atoms with E-state index in [0.29, 0.717) is 6.54 Å². The van der Waals surface area contributed by atoms with E-state index in [1.807, 2.05) is 11.9 Å². The van der Waals surface area contributed by atoms with Crippen molar-refractivity contribution in [3.63, 3.8) is 0 Å². The molecule has 0 aromatic carbocycles. The van der Waals surface area contributed by atoms with Crippen LogP contribution in [0.15, 0.2) is 15.9 Å². The standard InChI is InChI=1S/C11H15BrN2OS/c1-13-4-2-5-14(8-11(13)15)7-10-9(12)3-6-16-10/h3,6H,2,4-5,7-8H2,1H3. The molecular formula is C11H15BrN2OS. The van der Waals surface area contributed by atoms with E-state index in [4.69, 9.17) is 0 Å². The molecule has 0 aliphatic carbocycles. The maximum atomic E-state index is 11.7. The monoisotopic (exact) mass is 302 g/mol. The highest BCUT2D eigenvalue weighted by Crippen LogP contribution is 2.24. The minimum absolute atomic E-state index is 0.227. The van der Waals surface area contributed by atoms with Crippen LogP contribution in [-0.2, 0) is 11.3 Å². The van der Waals surface area contributed by atoms with Gasteiger partial charge in [0.05, 0.1) is 6.54 Å². The lowest BCUT2D eigenvalue weighted by Gasteiger charge is -2.18. The topological polar surface area (TPSA) is 23.6 Å². The zero-order chi connectivity index (χ0) is 11.5. The van der Waals surface area contributed by atoms with Crippen LogP contribution in [0.1, 0.15) is 11.3 Å². The van der Waals surface area contributed by atoms with Crippen LogP contribution in [0.2, 0.25) is 0 Å². The maximum Gasteiger partial charge on any atom is 0.236 e. The molecule has 3 nitrogen and oxygen atoms in total. The molecule has 1 aromatic rings. The number of carbonyl (C=O) groups excluding carboxylic acids is 1. The minimum Gasteiger partial charge on any atom is -0.345 e. The Balaban J connectivity index is 2.00. The molecule has 1 aliphatic rings. The molecule has 1 amide bonds. The molecule has 1 aromatic heterocycles. The van der Waals surface area contributed by atoms with Crippen molar-refractivity contribution in [3.05, 3.63) is 20.8 Å². The second-order valence-corrected chi connectivity index (χ2v) is 5.93. The number of halogens is 1.